The van der Waals surface area contributed by atoms with Gasteiger partial charge in [0.2, 0.25) is 0 Å². The highest BCUT2D eigenvalue weighted by atomic mass is 16.8. The van der Waals surface area contributed by atoms with Gasteiger partial charge in [-0.1, -0.05) is 27.7 Å². The highest BCUT2D eigenvalue weighted by Gasteiger charge is 2.66. The second-order valence-corrected chi connectivity index (χ2v) is 43.1. The molecule has 0 aliphatic carbocycles. The van der Waals surface area contributed by atoms with E-state index >= 15 is 28.8 Å². The number of hydrogen-bond donors (Lipinski definition) is 0. The second kappa shape index (κ2) is 32.7. The van der Waals surface area contributed by atoms with Gasteiger partial charge in [0.05, 0.1) is 98.3 Å². The van der Waals surface area contributed by atoms with Crippen LogP contribution in [0.15, 0.2) is 0 Å². The molecule has 8 aliphatic rings. The predicted octanol–water partition coefficient (Wildman–Crippen LogP) is 15.2. The largest absolute Gasteiger partial charge is 0.465 e. The quantitative estimate of drug-likeness (QED) is 0.0575. The van der Waals surface area contributed by atoms with Crippen molar-refractivity contribution in [3.63, 3.8) is 0 Å². The van der Waals surface area contributed by atoms with Gasteiger partial charge in [-0.2, -0.15) is 0 Å². The van der Waals surface area contributed by atoms with Crippen LogP contribution in [0.1, 0.15) is 348 Å². The van der Waals surface area contributed by atoms with Crippen molar-refractivity contribution < 1.29 is 95.8 Å². The summed E-state index contributed by atoms with van der Waals surface area (Å²) in [6.45, 7) is 54.9. The molecule has 8 aliphatic heterocycles. The summed E-state index contributed by atoms with van der Waals surface area (Å²) in [6, 6.07) is 0. The maximum atomic E-state index is 15.6. The van der Waals surface area contributed by atoms with Gasteiger partial charge < -0.3 is 57.4 Å². The minimum Gasteiger partial charge on any atom is -0.465 e. The lowest BCUT2D eigenvalue weighted by molar-refractivity contribution is -0.337. The van der Waals surface area contributed by atoms with E-state index in [0.717, 1.165) is 38.5 Å². The molecular formula is C85H146N6O20. The van der Waals surface area contributed by atoms with Crippen molar-refractivity contribution in [2.45, 2.75) is 427 Å². The van der Waals surface area contributed by atoms with Gasteiger partial charge in [-0.25, -0.2) is 28.8 Å². The number of rotatable bonds is 26. The Morgan fingerprint density at radius 3 is 0.613 bits per heavy atom. The molecule has 0 N–H and O–H groups in total. The fraction of sp³-hybridized carbons (Fsp3) is 0.906. The normalized spacial score (nSPS) is 28.0. The van der Waals surface area contributed by atoms with Crippen molar-refractivity contribution in [3.8, 4) is 0 Å². The van der Waals surface area contributed by atoms with Crippen molar-refractivity contribution in [1.82, 2.24) is 30.4 Å². The summed E-state index contributed by atoms with van der Waals surface area (Å²) in [5.41, 5.74) is -16.1. The van der Waals surface area contributed by atoms with Crippen LogP contribution < -0.4 is 0 Å². The van der Waals surface area contributed by atoms with Crippen molar-refractivity contribution in [2.24, 2.45) is 27.1 Å². The van der Waals surface area contributed by atoms with Crippen LogP contribution in [0, 0.1) is 27.1 Å². The molecule has 0 aromatic rings. The molecular weight excluding hydrogens is 1420 g/mol. The highest BCUT2D eigenvalue weighted by molar-refractivity contribution is 6.18. The van der Waals surface area contributed by atoms with Crippen LogP contribution in [-0.2, 0) is 95.8 Å². The zero-order valence-electron chi connectivity index (χ0n) is 73.7. The summed E-state index contributed by atoms with van der Waals surface area (Å²) in [5.74, 6) is -8.18. The zero-order valence-corrected chi connectivity index (χ0v) is 73.7. The minimum atomic E-state index is -2.71. The van der Waals surface area contributed by atoms with Crippen molar-refractivity contribution in [1.29, 1.82) is 0 Å². The van der Waals surface area contributed by atoms with Gasteiger partial charge >= 0.3 is 47.8 Å². The first-order chi connectivity index (χ1) is 50.6. The third kappa shape index (κ3) is 20.0. The number of carbonyl (C=O) groups is 8. The summed E-state index contributed by atoms with van der Waals surface area (Å²) in [6.07, 6.45) is 9.71. The first-order valence-corrected chi connectivity index (χ1v) is 41.6. The Kier molecular flexibility index (Phi) is 27.1. The van der Waals surface area contributed by atoms with Crippen molar-refractivity contribution in [3.05, 3.63) is 0 Å². The van der Waals surface area contributed by atoms with Crippen molar-refractivity contribution >= 4 is 47.8 Å². The molecule has 0 atom stereocenters. The average molecular weight is 1570 g/mol. The number of ether oxygens (including phenoxy) is 6. The molecule has 111 heavy (non-hydrogen) atoms. The first kappa shape index (κ1) is 91.9. The molecule has 0 bridgehead atoms. The summed E-state index contributed by atoms with van der Waals surface area (Å²) in [4.78, 5) is 161. The summed E-state index contributed by atoms with van der Waals surface area (Å²) < 4.78 is 37.6. The third-order valence-corrected chi connectivity index (χ3v) is 25.7. The number of piperidine rings is 6. The molecule has 1 spiro atoms. The highest BCUT2D eigenvalue weighted by Crippen LogP contribution is 2.50. The molecule has 0 aromatic heterocycles. The van der Waals surface area contributed by atoms with E-state index in [4.69, 9.17) is 57.4 Å². The molecule has 0 amide bonds. The number of esters is 2. The van der Waals surface area contributed by atoms with E-state index in [0.29, 0.717) is 77.0 Å². The molecule has 8 saturated heterocycles. The number of hydroxylamine groups is 12. The third-order valence-electron chi connectivity index (χ3n) is 25.7. The molecule has 8 fully saturated rings. The Labute approximate surface area is 664 Å². The fourth-order valence-electron chi connectivity index (χ4n) is 19.5. The monoisotopic (exact) mass is 1570 g/mol. The molecule has 26 heteroatoms. The molecule has 26 nitrogen and oxygen atoms in total. The van der Waals surface area contributed by atoms with Gasteiger partial charge in [-0.15, -0.1) is 30.4 Å². The Bertz CT molecular complexity index is 2780. The lowest BCUT2D eigenvalue weighted by Gasteiger charge is -2.53. The molecule has 0 radical (unpaired) electrons. The Hall–Kier alpha value is -4.64. The maximum Gasteiger partial charge on any atom is 0.354 e. The van der Waals surface area contributed by atoms with Gasteiger partial charge in [0, 0.05) is 23.7 Å². The Morgan fingerprint density at radius 1 is 0.288 bits per heavy atom. The van der Waals surface area contributed by atoms with E-state index in [-0.39, 0.29) is 65.3 Å². The standard InChI is InChI=1S/C85H146N6O20/c1-69(2,53-100-59(92)37-29-51-84(61(94)106-86-71(5,6)39-31-40-72(86,7)8,62(95)107-87-73(9,10)41-32-42-74(87,11)12)63(96)108-88-75(13,14)43-33-44-76(88,15)16)67-102-55-83(56-103-67)57-104-68(105-58-83)70(3,4)54-101-60(93)38-30-52-85(64(97)109-89-77(17,18)45-34-46-78(89,19)20,65(98)110-90-79(21,22)47-35-48-80(90,23)24)66(99)111-91-81(25,26)49-36-50-82(91,27)28/h67-68H,29-58H2,1-28H3. The first-order valence-electron chi connectivity index (χ1n) is 41.6. The summed E-state index contributed by atoms with van der Waals surface area (Å²) in [7, 11) is 0. The van der Waals surface area contributed by atoms with Gasteiger partial charge in [-0.05, 0) is 307 Å². The fourth-order valence-corrected chi connectivity index (χ4v) is 19.5. The summed E-state index contributed by atoms with van der Waals surface area (Å²) >= 11 is 0. The van der Waals surface area contributed by atoms with Gasteiger partial charge in [0.1, 0.15) is 13.2 Å². The SMILES string of the molecule is CC(C)(COC(=O)CCCC(C(=O)ON1C(C)(C)CCCC1(C)C)(C(=O)ON1C(C)(C)CCCC1(C)C)C(=O)ON1C(C)(C)CCCC1(C)C)C1OCC2(CO1)COC(C(C)(C)COC(=O)CCCC(C(=O)ON1C(C)(C)CCCC1(C)C)(C(=O)ON1C(C)(C)CCCC1(C)C)C(=O)ON1C(C)(C)CCCC1(C)C)OC2. The smallest absolute Gasteiger partial charge is 0.354 e. The number of nitrogens with zero attached hydrogens (tertiary/aromatic N) is 6. The number of carbonyl (C=O) groups excluding carboxylic acids is 8. The second-order valence-electron chi connectivity index (χ2n) is 43.1. The summed E-state index contributed by atoms with van der Waals surface area (Å²) in [5, 5.41) is 9.68. The van der Waals surface area contributed by atoms with E-state index in [2.05, 4.69) is 0 Å². The molecule has 636 valence electrons. The molecule has 8 rings (SSSR count). The minimum absolute atomic E-state index is 0.145. The number of hydrogen-bond acceptors (Lipinski definition) is 26. The van der Waals surface area contributed by atoms with Gasteiger partial charge in [0.25, 0.3) is 10.8 Å². The van der Waals surface area contributed by atoms with Crippen LogP contribution in [0.3, 0.4) is 0 Å². The molecule has 0 unspecified atom stereocenters. The lowest BCUT2D eigenvalue weighted by atomic mass is 9.80. The van der Waals surface area contributed by atoms with Gasteiger partial charge in [-0.3, -0.25) is 9.59 Å². The Balaban J connectivity index is 0.912. The molecule has 0 aromatic carbocycles. The van der Waals surface area contributed by atoms with Crippen LogP contribution in [0.2, 0.25) is 0 Å². The van der Waals surface area contributed by atoms with Gasteiger partial charge in [0.15, 0.2) is 12.6 Å². The maximum absolute atomic E-state index is 15.6. The van der Waals surface area contributed by atoms with E-state index in [9.17, 15) is 9.59 Å². The van der Waals surface area contributed by atoms with Crippen molar-refractivity contribution in [2.75, 3.05) is 39.6 Å². The predicted molar refractivity (Wildman–Crippen MR) is 416 cm³/mol. The average Bonchev–Trinajstić information content (AvgIpc) is 0.743. The molecule has 0 saturated carbocycles. The van der Waals surface area contributed by atoms with E-state index in [1.54, 1.807) is 30.4 Å². The lowest BCUT2D eigenvalue weighted by Crippen LogP contribution is -2.65. The topological polar surface area (TPSA) is 267 Å². The van der Waals surface area contributed by atoms with Crippen LogP contribution in [0.4, 0.5) is 0 Å². The molecule has 8 heterocycles. The zero-order chi connectivity index (χ0) is 83.4. The van der Waals surface area contributed by atoms with E-state index in [1.165, 1.54) is 0 Å². The van der Waals surface area contributed by atoms with E-state index < -0.39 is 167 Å². The van der Waals surface area contributed by atoms with Crippen LogP contribution in [0.25, 0.3) is 0 Å². The van der Waals surface area contributed by atoms with Crippen LogP contribution in [-0.4, -0.2) is 197 Å². The van der Waals surface area contributed by atoms with Crippen LogP contribution >= 0.6 is 0 Å². The van der Waals surface area contributed by atoms with E-state index in [1.807, 2.05) is 194 Å². The van der Waals surface area contributed by atoms with Crippen LogP contribution in [0.5, 0.6) is 0 Å². The Morgan fingerprint density at radius 2 is 0.450 bits per heavy atom.